The third-order valence-electron chi connectivity index (χ3n) is 4.37. The van der Waals surface area contributed by atoms with E-state index in [0.29, 0.717) is 13.1 Å². The van der Waals surface area contributed by atoms with Crippen molar-refractivity contribution in [3.63, 3.8) is 0 Å². The molecule has 140 valence electrons. The van der Waals surface area contributed by atoms with E-state index in [1.807, 2.05) is 36.1 Å². The number of carbonyl (C=O) groups excluding carboxylic acids is 1. The van der Waals surface area contributed by atoms with Crippen LogP contribution in [0.3, 0.4) is 0 Å². The van der Waals surface area contributed by atoms with Gasteiger partial charge in [-0.3, -0.25) is 9.69 Å². The number of benzene rings is 1. The van der Waals surface area contributed by atoms with Crippen LogP contribution in [-0.4, -0.2) is 40.1 Å². The number of hydrogen-bond acceptors (Lipinski definition) is 5. The zero-order chi connectivity index (χ0) is 18.9. The van der Waals surface area contributed by atoms with E-state index in [1.54, 1.807) is 0 Å². The van der Waals surface area contributed by atoms with Gasteiger partial charge in [-0.1, -0.05) is 35.0 Å². The monoisotopic (exact) mass is 368 g/mol. The summed E-state index contributed by atoms with van der Waals surface area (Å²) in [5.74, 6) is -1.49. The average Bonchev–Trinajstić information content (AvgIpc) is 3.15. The van der Waals surface area contributed by atoms with Gasteiger partial charge < -0.3 is 9.84 Å². The van der Waals surface area contributed by atoms with E-state index in [1.165, 1.54) is 6.92 Å². The quantitative estimate of drug-likeness (QED) is 0.898. The number of amides is 1. The Morgan fingerprint density at radius 1 is 1.31 bits per heavy atom. The highest BCUT2D eigenvalue weighted by Crippen LogP contribution is 2.30. The molecule has 1 fully saturated rings. The molecule has 0 bridgehead atoms. The molecule has 2 aromatic rings. The normalized spacial score (nSPS) is 21.1. The molecule has 2 atom stereocenters. The van der Waals surface area contributed by atoms with Gasteiger partial charge in [-0.15, -0.1) is 0 Å². The second-order valence-electron chi connectivity index (χ2n) is 6.53. The lowest BCUT2D eigenvalue weighted by atomic mass is 9.93. The molecule has 1 N–H and O–H groups in total. The van der Waals surface area contributed by atoms with Crippen LogP contribution in [0.2, 0.25) is 0 Å². The number of nitrogens with zero attached hydrogens (tertiary/aromatic N) is 3. The van der Waals surface area contributed by atoms with Crippen molar-refractivity contribution in [2.24, 2.45) is 0 Å². The number of nitrogens with one attached hydrogen (secondary N) is 1. The van der Waals surface area contributed by atoms with Gasteiger partial charge in [-0.05, 0) is 12.5 Å². The second-order valence-corrected chi connectivity index (χ2v) is 6.53. The van der Waals surface area contributed by atoms with Gasteiger partial charge in [0.2, 0.25) is 11.8 Å². The molecular weight excluding hydrogens is 349 g/mol. The van der Waals surface area contributed by atoms with Crippen LogP contribution in [0.25, 0.3) is 0 Å². The summed E-state index contributed by atoms with van der Waals surface area (Å²) in [6.07, 6.45) is -4.63. The van der Waals surface area contributed by atoms with Crippen LogP contribution in [0.1, 0.15) is 35.7 Å². The molecule has 3 rings (SSSR count). The van der Waals surface area contributed by atoms with E-state index in [9.17, 15) is 18.0 Å². The van der Waals surface area contributed by atoms with Crippen LogP contribution in [0.4, 0.5) is 13.2 Å². The van der Waals surface area contributed by atoms with E-state index in [0.717, 1.165) is 11.1 Å². The molecule has 1 aliphatic rings. The van der Waals surface area contributed by atoms with Crippen molar-refractivity contribution in [2.45, 2.75) is 38.5 Å². The molecule has 0 radical (unpaired) electrons. The first-order valence-corrected chi connectivity index (χ1v) is 8.18. The van der Waals surface area contributed by atoms with Crippen molar-refractivity contribution in [2.75, 3.05) is 13.1 Å². The molecular formula is C17H19F3N4O2. The van der Waals surface area contributed by atoms with Crippen molar-refractivity contribution >= 4 is 5.91 Å². The summed E-state index contributed by atoms with van der Waals surface area (Å²) < 4.78 is 42.5. The number of rotatable bonds is 4. The summed E-state index contributed by atoms with van der Waals surface area (Å²) in [5, 5.41) is 5.90. The van der Waals surface area contributed by atoms with E-state index < -0.39 is 12.0 Å². The highest BCUT2D eigenvalue weighted by Gasteiger charge is 2.38. The highest BCUT2D eigenvalue weighted by atomic mass is 19.4. The van der Waals surface area contributed by atoms with Crippen LogP contribution >= 0.6 is 0 Å². The topological polar surface area (TPSA) is 71.3 Å². The Morgan fingerprint density at radius 2 is 2.00 bits per heavy atom. The van der Waals surface area contributed by atoms with Gasteiger partial charge in [0, 0.05) is 32.0 Å². The van der Waals surface area contributed by atoms with Gasteiger partial charge in [-0.25, -0.2) is 0 Å². The number of halogens is 3. The Labute approximate surface area is 148 Å². The summed E-state index contributed by atoms with van der Waals surface area (Å²) in [6.45, 7) is 4.59. The van der Waals surface area contributed by atoms with E-state index in [4.69, 9.17) is 4.52 Å². The molecule has 0 spiro atoms. The molecule has 1 aliphatic heterocycles. The molecule has 1 amide bonds. The Morgan fingerprint density at radius 3 is 2.58 bits per heavy atom. The number of carbonyl (C=O) groups is 1. The van der Waals surface area contributed by atoms with Crippen molar-refractivity contribution in [1.29, 1.82) is 0 Å². The van der Waals surface area contributed by atoms with E-state index >= 15 is 0 Å². The Hall–Kier alpha value is -2.42. The average molecular weight is 368 g/mol. The lowest BCUT2D eigenvalue weighted by Gasteiger charge is -2.19. The van der Waals surface area contributed by atoms with Gasteiger partial charge in [0.15, 0.2) is 0 Å². The minimum Gasteiger partial charge on any atom is -0.352 e. The third kappa shape index (κ3) is 4.21. The summed E-state index contributed by atoms with van der Waals surface area (Å²) in [5.41, 5.74) is 2.20. The van der Waals surface area contributed by atoms with Crippen LogP contribution in [0.5, 0.6) is 0 Å². The van der Waals surface area contributed by atoms with E-state index in [2.05, 4.69) is 15.5 Å². The summed E-state index contributed by atoms with van der Waals surface area (Å²) in [4.78, 5) is 16.8. The summed E-state index contributed by atoms with van der Waals surface area (Å²) >= 11 is 0. The number of aryl methyl sites for hydroxylation is 1. The van der Waals surface area contributed by atoms with Crippen LogP contribution in [-0.2, 0) is 17.5 Å². The van der Waals surface area contributed by atoms with Gasteiger partial charge in [0.05, 0.1) is 6.54 Å². The lowest BCUT2D eigenvalue weighted by Crippen LogP contribution is -2.38. The minimum atomic E-state index is -4.63. The number of likely N-dealkylation sites (tertiary alicyclic amines) is 1. The number of hydrogen-bond donors (Lipinski definition) is 1. The fourth-order valence-electron chi connectivity index (χ4n) is 3.20. The van der Waals surface area contributed by atoms with Crippen molar-refractivity contribution < 1.29 is 22.5 Å². The smallest absolute Gasteiger partial charge is 0.352 e. The zero-order valence-corrected chi connectivity index (χ0v) is 14.4. The van der Waals surface area contributed by atoms with Crippen LogP contribution < -0.4 is 5.32 Å². The zero-order valence-electron chi connectivity index (χ0n) is 14.4. The minimum absolute atomic E-state index is 0.0320. The van der Waals surface area contributed by atoms with E-state index in [-0.39, 0.29) is 30.3 Å². The summed E-state index contributed by atoms with van der Waals surface area (Å²) in [7, 11) is 0. The predicted octanol–water partition coefficient (Wildman–Crippen LogP) is 2.50. The molecule has 0 unspecified atom stereocenters. The third-order valence-corrected chi connectivity index (χ3v) is 4.37. The number of alkyl halides is 3. The maximum Gasteiger partial charge on any atom is 0.455 e. The maximum atomic E-state index is 12.6. The Kier molecular flexibility index (Phi) is 4.99. The first-order valence-electron chi connectivity index (χ1n) is 8.18. The molecule has 1 aromatic carbocycles. The molecule has 1 saturated heterocycles. The second kappa shape index (κ2) is 7.06. The van der Waals surface area contributed by atoms with Crippen LogP contribution in [0, 0.1) is 6.92 Å². The van der Waals surface area contributed by atoms with Crippen molar-refractivity contribution in [3.8, 4) is 0 Å². The lowest BCUT2D eigenvalue weighted by molar-refractivity contribution is -0.146. The van der Waals surface area contributed by atoms with Gasteiger partial charge >= 0.3 is 6.18 Å². The molecule has 0 saturated carbocycles. The fraction of sp³-hybridized carbons (Fsp3) is 0.471. The molecule has 6 nitrogen and oxygen atoms in total. The van der Waals surface area contributed by atoms with Crippen molar-refractivity contribution in [3.05, 3.63) is 47.1 Å². The Bertz CT molecular complexity index is 773. The van der Waals surface area contributed by atoms with Crippen LogP contribution in [0.15, 0.2) is 28.8 Å². The first kappa shape index (κ1) is 18.4. The van der Waals surface area contributed by atoms with Crippen molar-refractivity contribution in [1.82, 2.24) is 20.4 Å². The predicted molar refractivity (Wildman–Crippen MR) is 86.1 cm³/mol. The molecule has 9 heteroatoms. The number of aromatic nitrogens is 2. The maximum absolute atomic E-state index is 12.6. The van der Waals surface area contributed by atoms with Gasteiger partial charge in [0.1, 0.15) is 0 Å². The standard InChI is InChI=1S/C17H19F3N4O2/c1-10-3-5-12(6-4-10)13-7-24(8-14(13)21-11(2)25)9-15-22-16(23-26-15)17(18,19)20/h3-6,13-14H,7-9H2,1-2H3,(H,21,25)/t13-,14+/m0/s1. The van der Waals surface area contributed by atoms with Gasteiger partial charge in [0.25, 0.3) is 5.82 Å². The molecule has 2 heterocycles. The SMILES string of the molecule is CC(=O)N[C@@H]1CN(Cc2nc(C(F)(F)F)no2)C[C@H]1c1ccc(C)cc1. The highest BCUT2D eigenvalue weighted by molar-refractivity contribution is 5.73. The van der Waals surface area contributed by atoms with Gasteiger partial charge in [-0.2, -0.15) is 18.2 Å². The fourth-order valence-corrected chi connectivity index (χ4v) is 3.20. The Balaban J connectivity index is 1.74. The largest absolute Gasteiger partial charge is 0.455 e. The molecule has 26 heavy (non-hydrogen) atoms. The first-order chi connectivity index (χ1) is 12.2. The summed E-state index contributed by atoms with van der Waals surface area (Å²) in [6, 6.07) is 7.87. The molecule has 0 aliphatic carbocycles. The molecule has 1 aromatic heterocycles.